The lowest BCUT2D eigenvalue weighted by Gasteiger charge is -2.21. The monoisotopic (exact) mass is 233 g/mol. The normalized spacial score (nSPS) is 10.6. The lowest BCUT2D eigenvalue weighted by atomic mass is 9.85. The predicted octanol–water partition coefficient (Wildman–Crippen LogP) is 2.74. The Morgan fingerprint density at radius 1 is 1.35 bits per heavy atom. The van der Waals surface area contributed by atoms with Gasteiger partial charge in [-0.15, -0.1) is 0 Å². The van der Waals surface area contributed by atoms with Crippen LogP contribution < -0.4 is 0 Å². The number of rotatable bonds is 2. The van der Waals surface area contributed by atoms with E-state index in [-0.39, 0.29) is 5.41 Å². The van der Waals surface area contributed by atoms with Gasteiger partial charge >= 0.3 is 5.97 Å². The molecule has 1 aromatic carbocycles. The zero-order valence-electron chi connectivity index (χ0n) is 10.4. The van der Waals surface area contributed by atoms with Crippen molar-refractivity contribution in [2.75, 3.05) is 7.11 Å². The average Bonchev–Trinajstić information content (AvgIpc) is 2.27. The summed E-state index contributed by atoms with van der Waals surface area (Å²) in [5.74, 6) is -0.405. The summed E-state index contributed by atoms with van der Waals surface area (Å²) in [4.78, 5) is 25.4. The first-order valence-electron chi connectivity index (χ1n) is 5.21. The Kier molecular flexibility index (Phi) is 3.81. The third-order valence-corrected chi connectivity index (χ3v) is 2.39. The van der Waals surface area contributed by atoms with Crippen molar-refractivity contribution in [3.05, 3.63) is 29.3 Å². The molecule has 0 amide bonds. The number of aliphatic imine (C=N–C) groups is 1. The quantitative estimate of drug-likeness (QED) is 0.448. The van der Waals surface area contributed by atoms with Crippen LogP contribution in [0.5, 0.6) is 0 Å². The van der Waals surface area contributed by atoms with Gasteiger partial charge in [-0.2, -0.15) is 4.99 Å². The smallest absolute Gasteiger partial charge is 0.337 e. The molecule has 0 saturated carbocycles. The average molecular weight is 233 g/mol. The van der Waals surface area contributed by atoms with Crippen molar-refractivity contribution in [2.45, 2.75) is 26.2 Å². The van der Waals surface area contributed by atoms with Crippen LogP contribution in [-0.4, -0.2) is 19.2 Å². The number of carbonyl (C=O) groups excluding carboxylic acids is 2. The molecule has 0 heterocycles. The molecule has 0 fully saturated rings. The first-order chi connectivity index (χ1) is 7.90. The van der Waals surface area contributed by atoms with Gasteiger partial charge in [0.25, 0.3) is 0 Å². The van der Waals surface area contributed by atoms with Gasteiger partial charge in [-0.3, -0.25) is 0 Å². The molecule has 0 spiro atoms. The molecule has 0 aliphatic rings. The van der Waals surface area contributed by atoms with Crippen molar-refractivity contribution in [1.82, 2.24) is 0 Å². The molecule has 0 atom stereocenters. The first kappa shape index (κ1) is 13.1. The molecule has 17 heavy (non-hydrogen) atoms. The van der Waals surface area contributed by atoms with E-state index in [0.29, 0.717) is 11.3 Å². The molecule has 0 bridgehead atoms. The van der Waals surface area contributed by atoms with Gasteiger partial charge in [-0.1, -0.05) is 20.8 Å². The maximum Gasteiger partial charge on any atom is 0.337 e. The van der Waals surface area contributed by atoms with E-state index in [1.807, 2.05) is 20.8 Å². The summed E-state index contributed by atoms with van der Waals surface area (Å²) in [6.07, 6.45) is 1.52. The Hall–Kier alpha value is -1.93. The molecule has 0 N–H and O–H groups in total. The zero-order chi connectivity index (χ0) is 13.1. The SMILES string of the molecule is COC(=O)c1ccc(N=C=O)c(C(C)(C)C)c1. The molecule has 0 aliphatic carbocycles. The van der Waals surface area contributed by atoms with Crippen molar-refractivity contribution < 1.29 is 14.3 Å². The van der Waals surface area contributed by atoms with Gasteiger partial charge in [-0.25, -0.2) is 9.59 Å². The predicted molar refractivity (Wildman–Crippen MR) is 64.3 cm³/mol. The van der Waals surface area contributed by atoms with Crippen LogP contribution in [0.1, 0.15) is 36.7 Å². The summed E-state index contributed by atoms with van der Waals surface area (Å²) in [7, 11) is 1.33. The van der Waals surface area contributed by atoms with Crippen LogP contribution in [0.3, 0.4) is 0 Å². The number of hydrogen-bond donors (Lipinski definition) is 0. The van der Waals surface area contributed by atoms with Crippen LogP contribution >= 0.6 is 0 Å². The maximum absolute atomic E-state index is 11.4. The van der Waals surface area contributed by atoms with Gasteiger partial charge < -0.3 is 4.74 Å². The molecule has 1 aromatic rings. The maximum atomic E-state index is 11.4. The molecule has 0 unspecified atom stereocenters. The molecule has 90 valence electrons. The number of methoxy groups -OCH3 is 1. The van der Waals surface area contributed by atoms with E-state index in [9.17, 15) is 9.59 Å². The number of isocyanates is 1. The second kappa shape index (κ2) is 4.93. The molecule has 4 heteroatoms. The second-order valence-corrected chi connectivity index (χ2v) is 4.68. The van der Waals surface area contributed by atoms with Crippen LogP contribution in [0.4, 0.5) is 5.69 Å². The van der Waals surface area contributed by atoms with Crippen LogP contribution in [0, 0.1) is 0 Å². The van der Waals surface area contributed by atoms with Gasteiger partial charge in [0.05, 0.1) is 18.4 Å². The van der Waals surface area contributed by atoms with E-state index in [0.717, 1.165) is 5.56 Å². The van der Waals surface area contributed by atoms with Gasteiger partial charge in [-0.05, 0) is 29.2 Å². The van der Waals surface area contributed by atoms with Crippen molar-refractivity contribution >= 4 is 17.7 Å². The second-order valence-electron chi connectivity index (χ2n) is 4.68. The Labute approximate surface area is 100 Å². The topological polar surface area (TPSA) is 55.7 Å². The highest BCUT2D eigenvalue weighted by Crippen LogP contribution is 2.32. The summed E-state index contributed by atoms with van der Waals surface area (Å²) < 4.78 is 4.66. The first-order valence-corrected chi connectivity index (χ1v) is 5.21. The number of ether oxygens (including phenoxy) is 1. The van der Waals surface area contributed by atoms with E-state index in [4.69, 9.17) is 0 Å². The van der Waals surface area contributed by atoms with Gasteiger partial charge in [0, 0.05) is 0 Å². The third-order valence-electron chi connectivity index (χ3n) is 2.39. The van der Waals surface area contributed by atoms with Gasteiger partial charge in [0.1, 0.15) is 0 Å². The molecule has 4 nitrogen and oxygen atoms in total. The number of benzene rings is 1. The van der Waals surface area contributed by atoms with Crippen molar-refractivity contribution in [3.63, 3.8) is 0 Å². The highest BCUT2D eigenvalue weighted by atomic mass is 16.5. The van der Waals surface area contributed by atoms with Gasteiger partial charge in [0.15, 0.2) is 0 Å². The minimum absolute atomic E-state index is 0.223. The lowest BCUT2D eigenvalue weighted by molar-refractivity contribution is 0.0600. The molecular formula is C13H15NO3. The van der Waals surface area contributed by atoms with Crippen molar-refractivity contribution in [1.29, 1.82) is 0 Å². The summed E-state index contributed by atoms with van der Waals surface area (Å²) in [6.45, 7) is 5.94. The Morgan fingerprint density at radius 3 is 2.47 bits per heavy atom. The highest BCUT2D eigenvalue weighted by Gasteiger charge is 2.20. The molecule has 0 saturated heterocycles. The fourth-order valence-corrected chi connectivity index (χ4v) is 1.53. The van der Waals surface area contributed by atoms with E-state index in [2.05, 4.69) is 9.73 Å². The Balaban J connectivity index is 3.39. The number of nitrogens with zero attached hydrogens (tertiary/aromatic N) is 1. The molecule has 1 rings (SSSR count). The minimum atomic E-state index is -0.405. The number of hydrogen-bond acceptors (Lipinski definition) is 4. The molecule has 0 aromatic heterocycles. The number of carbonyl (C=O) groups is 1. The largest absolute Gasteiger partial charge is 0.465 e. The minimum Gasteiger partial charge on any atom is -0.465 e. The van der Waals surface area contributed by atoms with E-state index < -0.39 is 5.97 Å². The third kappa shape index (κ3) is 3.02. The van der Waals surface area contributed by atoms with Crippen LogP contribution in [0.15, 0.2) is 23.2 Å². The van der Waals surface area contributed by atoms with Crippen LogP contribution in [0.2, 0.25) is 0 Å². The van der Waals surface area contributed by atoms with Gasteiger partial charge in [0.2, 0.25) is 6.08 Å². The molecule has 0 radical (unpaired) electrons. The fraction of sp³-hybridized carbons (Fsp3) is 0.385. The Bertz CT molecular complexity index is 480. The summed E-state index contributed by atoms with van der Waals surface area (Å²) in [5, 5.41) is 0. The highest BCUT2D eigenvalue weighted by molar-refractivity contribution is 5.90. The van der Waals surface area contributed by atoms with Crippen LogP contribution in [0.25, 0.3) is 0 Å². The van der Waals surface area contributed by atoms with E-state index in [1.54, 1.807) is 18.2 Å². The van der Waals surface area contributed by atoms with E-state index >= 15 is 0 Å². The Morgan fingerprint density at radius 2 is 2.00 bits per heavy atom. The summed E-state index contributed by atoms with van der Waals surface area (Å²) >= 11 is 0. The lowest BCUT2D eigenvalue weighted by Crippen LogP contribution is -2.13. The van der Waals surface area contributed by atoms with E-state index in [1.165, 1.54) is 13.2 Å². The number of esters is 1. The fourth-order valence-electron chi connectivity index (χ4n) is 1.53. The molecule has 0 aliphatic heterocycles. The van der Waals surface area contributed by atoms with Crippen molar-refractivity contribution in [2.24, 2.45) is 4.99 Å². The zero-order valence-corrected chi connectivity index (χ0v) is 10.4. The molecular weight excluding hydrogens is 218 g/mol. The van der Waals surface area contributed by atoms with Crippen LogP contribution in [-0.2, 0) is 14.9 Å². The summed E-state index contributed by atoms with van der Waals surface area (Å²) in [5.41, 5.74) is 1.56. The summed E-state index contributed by atoms with van der Waals surface area (Å²) in [6, 6.07) is 4.90. The van der Waals surface area contributed by atoms with Crippen molar-refractivity contribution in [3.8, 4) is 0 Å². The standard InChI is InChI=1S/C13H15NO3/c1-13(2,3)10-7-9(12(16)17-4)5-6-11(10)14-8-15/h5-7H,1-4H3.